The van der Waals surface area contributed by atoms with Gasteiger partial charge in [-0.3, -0.25) is 0 Å². The van der Waals surface area contributed by atoms with E-state index in [4.69, 9.17) is 23.2 Å². The topological polar surface area (TPSA) is 0 Å². The molecule has 0 atom stereocenters. The van der Waals surface area contributed by atoms with E-state index < -0.39 is 0 Å². The van der Waals surface area contributed by atoms with Crippen LogP contribution >= 0.6 is 39.1 Å². The average Bonchev–Trinajstić information content (AvgIpc) is 2.08. The molecule has 1 aromatic carbocycles. The van der Waals surface area contributed by atoms with Crippen molar-refractivity contribution in [3.63, 3.8) is 0 Å². The fraction of sp³-hybridized carbons (Fsp3) is 0.111. The van der Waals surface area contributed by atoms with Gasteiger partial charge in [-0.15, -0.1) is 0 Å². The average molecular weight is 266 g/mol. The Morgan fingerprint density at radius 2 is 2.08 bits per heavy atom. The van der Waals surface area contributed by atoms with Crippen LogP contribution in [0, 0.1) is 0 Å². The predicted molar refractivity (Wildman–Crippen MR) is 59.3 cm³/mol. The maximum absolute atomic E-state index is 5.93. The Bertz CT molecular complexity index is 295. The van der Waals surface area contributed by atoms with E-state index in [1.165, 1.54) is 0 Å². The van der Waals surface area contributed by atoms with Crippen LogP contribution in [0.5, 0.6) is 0 Å². The molecule has 0 aliphatic rings. The minimum absolute atomic E-state index is 0.591. The number of halogens is 3. The zero-order valence-electron chi connectivity index (χ0n) is 6.23. The van der Waals surface area contributed by atoms with E-state index in [9.17, 15) is 0 Å². The molecule has 1 aromatic rings. The van der Waals surface area contributed by atoms with Crippen LogP contribution in [-0.2, 0) is 0 Å². The molecule has 64 valence electrons. The lowest BCUT2D eigenvalue weighted by Crippen LogP contribution is -1.75. The molecule has 0 saturated heterocycles. The molecule has 0 heterocycles. The number of allylic oxidation sites excluding steroid dienone is 1. The third-order valence-corrected chi connectivity index (χ3v) is 2.58. The van der Waals surface area contributed by atoms with Crippen LogP contribution in [0.15, 0.2) is 24.3 Å². The molecule has 0 amide bonds. The molecule has 0 fully saturated rings. The quantitative estimate of drug-likeness (QED) is 0.696. The predicted octanol–water partition coefficient (Wildman–Crippen LogP) is 4.40. The molecule has 0 bridgehead atoms. The summed E-state index contributed by atoms with van der Waals surface area (Å²) in [5.41, 5.74) is 0.948. The van der Waals surface area contributed by atoms with Gasteiger partial charge in [0.05, 0.1) is 10.0 Å². The number of hydrogen-bond donors (Lipinski definition) is 0. The Balaban J connectivity index is 3.00. The normalized spacial score (nSPS) is 10.9. The molecule has 0 aliphatic heterocycles. The molecule has 1 rings (SSSR count). The highest BCUT2D eigenvalue weighted by molar-refractivity contribution is 9.09. The standard InChI is InChI=1S/C9H7BrCl2/c10-6-2-4-7-3-1-5-8(11)9(7)12/h1-5H,6H2/b4-2+. The summed E-state index contributed by atoms with van der Waals surface area (Å²) in [5, 5.41) is 2.01. The fourth-order valence-electron chi connectivity index (χ4n) is 0.821. The summed E-state index contributed by atoms with van der Waals surface area (Å²) in [5.74, 6) is 0. The van der Waals surface area contributed by atoms with Gasteiger partial charge in [0, 0.05) is 5.33 Å². The van der Waals surface area contributed by atoms with Gasteiger partial charge in [-0.1, -0.05) is 63.4 Å². The maximum atomic E-state index is 5.93. The second-order valence-corrected chi connectivity index (χ2v) is 3.63. The van der Waals surface area contributed by atoms with Gasteiger partial charge in [-0.2, -0.15) is 0 Å². The molecule has 0 radical (unpaired) electrons. The van der Waals surface area contributed by atoms with Crippen molar-refractivity contribution < 1.29 is 0 Å². The van der Waals surface area contributed by atoms with Crippen molar-refractivity contribution >= 4 is 45.2 Å². The highest BCUT2D eigenvalue weighted by Crippen LogP contribution is 2.26. The van der Waals surface area contributed by atoms with Gasteiger partial charge in [0.2, 0.25) is 0 Å². The van der Waals surface area contributed by atoms with Crippen molar-refractivity contribution in [2.45, 2.75) is 0 Å². The second kappa shape index (κ2) is 4.90. The third kappa shape index (κ3) is 2.51. The molecule has 0 saturated carbocycles. The van der Waals surface area contributed by atoms with Crippen molar-refractivity contribution in [3.8, 4) is 0 Å². The molecule has 0 unspecified atom stereocenters. The maximum Gasteiger partial charge on any atom is 0.0664 e. The highest BCUT2D eigenvalue weighted by atomic mass is 79.9. The molecule has 0 aromatic heterocycles. The Morgan fingerprint density at radius 3 is 2.75 bits per heavy atom. The van der Waals surface area contributed by atoms with Crippen molar-refractivity contribution in [1.29, 1.82) is 0 Å². The Morgan fingerprint density at radius 1 is 1.33 bits per heavy atom. The minimum atomic E-state index is 0.591. The van der Waals surface area contributed by atoms with Crippen molar-refractivity contribution in [1.82, 2.24) is 0 Å². The van der Waals surface area contributed by atoms with Crippen molar-refractivity contribution in [2.24, 2.45) is 0 Å². The smallest absolute Gasteiger partial charge is 0.0664 e. The SMILES string of the molecule is Clc1cccc(/C=C/CBr)c1Cl. The van der Waals surface area contributed by atoms with Crippen LogP contribution in [0.2, 0.25) is 10.0 Å². The van der Waals surface area contributed by atoms with Gasteiger partial charge < -0.3 is 0 Å². The third-order valence-electron chi connectivity index (χ3n) is 1.37. The second-order valence-electron chi connectivity index (χ2n) is 2.20. The zero-order chi connectivity index (χ0) is 8.97. The number of alkyl halides is 1. The summed E-state index contributed by atoms with van der Waals surface area (Å²) in [4.78, 5) is 0. The molecular weight excluding hydrogens is 259 g/mol. The van der Waals surface area contributed by atoms with E-state index in [1.807, 2.05) is 24.3 Å². The lowest BCUT2D eigenvalue weighted by Gasteiger charge is -1.98. The van der Waals surface area contributed by atoms with Gasteiger partial charge in [0.25, 0.3) is 0 Å². The van der Waals surface area contributed by atoms with Crippen LogP contribution in [0.1, 0.15) is 5.56 Å². The van der Waals surface area contributed by atoms with Gasteiger partial charge in [0.15, 0.2) is 0 Å². The zero-order valence-corrected chi connectivity index (χ0v) is 9.33. The van der Waals surface area contributed by atoms with Gasteiger partial charge in [-0.05, 0) is 11.6 Å². The largest absolute Gasteiger partial charge is 0.0883 e. The van der Waals surface area contributed by atoms with E-state index in [2.05, 4.69) is 15.9 Å². The van der Waals surface area contributed by atoms with E-state index in [0.29, 0.717) is 10.0 Å². The summed E-state index contributed by atoms with van der Waals surface area (Å²) < 4.78 is 0. The molecule has 12 heavy (non-hydrogen) atoms. The van der Waals surface area contributed by atoms with Crippen molar-refractivity contribution in [3.05, 3.63) is 39.9 Å². The molecule has 3 heteroatoms. The molecular formula is C9H7BrCl2. The van der Waals surface area contributed by atoms with E-state index in [1.54, 1.807) is 6.07 Å². The van der Waals surface area contributed by atoms with E-state index in [-0.39, 0.29) is 0 Å². The summed E-state index contributed by atoms with van der Waals surface area (Å²) in [6.45, 7) is 0. The molecule has 0 N–H and O–H groups in total. The number of rotatable bonds is 2. The van der Waals surface area contributed by atoms with E-state index in [0.717, 1.165) is 10.9 Å². The summed E-state index contributed by atoms with van der Waals surface area (Å²) in [6, 6.07) is 5.57. The van der Waals surface area contributed by atoms with Gasteiger partial charge >= 0.3 is 0 Å². The lowest BCUT2D eigenvalue weighted by atomic mass is 10.2. The fourth-order valence-corrected chi connectivity index (χ4v) is 1.38. The first-order valence-electron chi connectivity index (χ1n) is 3.42. The Hall–Kier alpha value is 0.0200. The van der Waals surface area contributed by atoms with Crippen LogP contribution in [-0.4, -0.2) is 5.33 Å². The summed E-state index contributed by atoms with van der Waals surface area (Å²) in [7, 11) is 0. The minimum Gasteiger partial charge on any atom is -0.0883 e. The Labute approximate surface area is 90.3 Å². The van der Waals surface area contributed by atoms with Gasteiger partial charge in [0.1, 0.15) is 0 Å². The molecule has 0 spiro atoms. The first kappa shape index (κ1) is 10.1. The highest BCUT2D eigenvalue weighted by Gasteiger charge is 1.99. The summed E-state index contributed by atoms with van der Waals surface area (Å²) in [6.07, 6.45) is 3.90. The number of benzene rings is 1. The first-order chi connectivity index (χ1) is 5.75. The number of hydrogen-bond acceptors (Lipinski definition) is 0. The van der Waals surface area contributed by atoms with Gasteiger partial charge in [-0.25, -0.2) is 0 Å². The Kier molecular flexibility index (Phi) is 4.13. The van der Waals surface area contributed by atoms with Crippen LogP contribution < -0.4 is 0 Å². The van der Waals surface area contributed by atoms with Crippen LogP contribution in [0.4, 0.5) is 0 Å². The van der Waals surface area contributed by atoms with Crippen LogP contribution in [0.3, 0.4) is 0 Å². The monoisotopic (exact) mass is 264 g/mol. The summed E-state index contributed by atoms with van der Waals surface area (Å²) >= 11 is 15.0. The lowest BCUT2D eigenvalue weighted by molar-refractivity contribution is 1.64. The van der Waals surface area contributed by atoms with Crippen LogP contribution in [0.25, 0.3) is 6.08 Å². The molecule has 0 aliphatic carbocycles. The van der Waals surface area contributed by atoms with Crippen molar-refractivity contribution in [2.75, 3.05) is 5.33 Å². The molecule has 0 nitrogen and oxygen atoms in total. The van der Waals surface area contributed by atoms with E-state index >= 15 is 0 Å². The first-order valence-corrected chi connectivity index (χ1v) is 5.30.